The number of hydrogen-bond acceptors (Lipinski definition) is 4. The van der Waals surface area contributed by atoms with E-state index in [0.717, 1.165) is 5.56 Å². The van der Waals surface area contributed by atoms with E-state index in [0.29, 0.717) is 53.3 Å². The quantitative estimate of drug-likeness (QED) is 0.205. The van der Waals surface area contributed by atoms with Gasteiger partial charge in [-0.1, -0.05) is 29.8 Å². The number of rotatable bonds is 6. The monoisotopic (exact) mass is 576 g/mol. The highest BCUT2D eigenvalue weighted by molar-refractivity contribution is 6.30. The Kier molecular flexibility index (Phi) is 7.77. The Balaban J connectivity index is 1.42. The molecule has 5 rings (SSSR count). The fraction of sp³-hybridized carbons (Fsp3) is 0.214. The van der Waals surface area contributed by atoms with E-state index in [-0.39, 0.29) is 12.1 Å². The largest absolute Gasteiger partial charge is 0.573 e. The van der Waals surface area contributed by atoms with Crippen molar-refractivity contribution >= 4 is 34.6 Å². The van der Waals surface area contributed by atoms with Crippen molar-refractivity contribution in [1.82, 2.24) is 19.8 Å². The molecule has 1 aliphatic rings. The van der Waals surface area contributed by atoms with Crippen LogP contribution in [0.5, 0.6) is 5.75 Å². The zero-order valence-corrected chi connectivity index (χ0v) is 21.6. The number of hydrogen-bond donors (Lipinski definition) is 1. The number of pyridine rings is 1. The number of nitrogens with zero attached hydrogens (tertiary/aromatic N) is 3. The van der Waals surface area contributed by atoms with Crippen LogP contribution in [0.3, 0.4) is 0 Å². The van der Waals surface area contributed by atoms with Gasteiger partial charge in [-0.05, 0) is 47.5 Å². The van der Waals surface area contributed by atoms with Crippen molar-refractivity contribution in [3.05, 3.63) is 100.0 Å². The molecule has 0 fully saturated rings. The van der Waals surface area contributed by atoms with Gasteiger partial charge in [-0.2, -0.15) is 4.39 Å². The molecule has 4 aromatic rings. The average molecular weight is 577 g/mol. The Labute approximate surface area is 230 Å². The van der Waals surface area contributed by atoms with Crippen molar-refractivity contribution < 1.29 is 31.5 Å². The predicted molar refractivity (Wildman–Crippen MR) is 140 cm³/mol. The third-order valence-corrected chi connectivity index (χ3v) is 6.73. The summed E-state index contributed by atoms with van der Waals surface area (Å²) < 4.78 is 71.8. The summed E-state index contributed by atoms with van der Waals surface area (Å²) in [5, 5.41) is 3.61. The van der Waals surface area contributed by atoms with Gasteiger partial charge >= 0.3 is 12.4 Å². The van der Waals surface area contributed by atoms with Crippen LogP contribution in [0, 0.1) is 11.8 Å². The van der Waals surface area contributed by atoms with E-state index in [2.05, 4.69) is 19.9 Å². The predicted octanol–water partition coefficient (Wildman–Crippen LogP) is 6.70. The van der Waals surface area contributed by atoms with Crippen LogP contribution in [0.1, 0.15) is 22.4 Å². The topological polar surface area (TPSA) is 59.4 Å². The van der Waals surface area contributed by atoms with Crippen LogP contribution in [-0.4, -0.2) is 39.9 Å². The first kappa shape index (κ1) is 27.6. The van der Waals surface area contributed by atoms with Gasteiger partial charge in [0.2, 0.25) is 5.95 Å². The zero-order chi connectivity index (χ0) is 28.4. The average Bonchev–Trinajstić information content (AvgIpc) is 3.20. The third-order valence-electron chi connectivity index (χ3n) is 6.49. The van der Waals surface area contributed by atoms with Gasteiger partial charge < -0.3 is 10.1 Å². The molecule has 0 saturated carbocycles. The van der Waals surface area contributed by atoms with Crippen LogP contribution >= 0.6 is 11.6 Å². The van der Waals surface area contributed by atoms with Gasteiger partial charge in [-0.25, -0.2) is 14.2 Å². The Morgan fingerprint density at radius 3 is 2.70 bits per heavy atom. The number of amides is 1. The highest BCUT2D eigenvalue weighted by Crippen LogP contribution is 2.34. The van der Waals surface area contributed by atoms with Gasteiger partial charge in [0, 0.05) is 66.5 Å². The molecule has 12 heteroatoms. The normalized spacial score (nSPS) is 14.1. The smallest absolute Gasteiger partial charge is 0.406 e. The summed E-state index contributed by atoms with van der Waals surface area (Å²) in [6.45, 7) is 1.42. The Bertz CT molecular complexity index is 1600. The summed E-state index contributed by atoms with van der Waals surface area (Å²) in [5.41, 5.74) is 2.56. The molecule has 1 N–H and O–H groups in total. The van der Waals surface area contributed by atoms with Crippen molar-refractivity contribution in [1.29, 1.82) is 0 Å². The lowest BCUT2D eigenvalue weighted by Gasteiger charge is -2.27. The minimum atomic E-state index is -4.90. The fourth-order valence-electron chi connectivity index (χ4n) is 4.75. The summed E-state index contributed by atoms with van der Waals surface area (Å²) in [6.07, 6.45) is 0.271. The molecule has 0 radical (unpaired) electrons. The van der Waals surface area contributed by atoms with Crippen LogP contribution in [0.2, 0.25) is 5.02 Å². The first-order valence-corrected chi connectivity index (χ1v) is 12.6. The second-order valence-electron chi connectivity index (χ2n) is 9.19. The number of halogens is 6. The first-order valence-electron chi connectivity index (χ1n) is 12.2. The van der Waals surface area contributed by atoms with Gasteiger partial charge in [0.15, 0.2) is 0 Å². The lowest BCUT2D eigenvalue weighted by atomic mass is 10.0. The SMILES string of the molecule is O=C(NCc1ccnc(F)c1)n1c2c(c3ccc(OC(F)(F)F)cc31)CN(C/C=C/c1ccc(Cl)cc1F)CC2. The Hall–Kier alpha value is -3.96. The number of carbonyl (C=O) groups is 1. The minimum Gasteiger partial charge on any atom is -0.406 e. The molecule has 1 amide bonds. The summed E-state index contributed by atoms with van der Waals surface area (Å²) in [6, 6.07) is 10.5. The molecule has 2 aromatic carbocycles. The van der Waals surface area contributed by atoms with Gasteiger partial charge in [-0.15, -0.1) is 13.2 Å². The first-order chi connectivity index (χ1) is 19.1. The molecular formula is C28H22ClF5N4O2. The van der Waals surface area contributed by atoms with E-state index in [1.54, 1.807) is 24.3 Å². The van der Waals surface area contributed by atoms with Crippen LogP contribution < -0.4 is 10.1 Å². The molecule has 0 bridgehead atoms. The fourth-order valence-corrected chi connectivity index (χ4v) is 4.91. The Morgan fingerprint density at radius 2 is 1.95 bits per heavy atom. The third kappa shape index (κ3) is 6.26. The molecule has 208 valence electrons. The maximum Gasteiger partial charge on any atom is 0.573 e. The van der Waals surface area contributed by atoms with Crippen molar-refractivity contribution in [3.63, 3.8) is 0 Å². The summed E-state index contributed by atoms with van der Waals surface area (Å²) in [7, 11) is 0. The highest BCUT2D eigenvalue weighted by atomic mass is 35.5. The number of nitrogens with one attached hydrogen (secondary N) is 1. The van der Waals surface area contributed by atoms with Gasteiger partial charge in [0.25, 0.3) is 0 Å². The molecule has 0 unspecified atom stereocenters. The second-order valence-corrected chi connectivity index (χ2v) is 9.62. The van der Waals surface area contributed by atoms with E-state index in [1.165, 1.54) is 41.1 Å². The van der Waals surface area contributed by atoms with Crippen LogP contribution in [0.15, 0.2) is 60.8 Å². The van der Waals surface area contributed by atoms with Crippen LogP contribution in [-0.2, 0) is 19.5 Å². The number of ether oxygens (including phenoxy) is 1. The molecule has 0 saturated heterocycles. The molecule has 2 aromatic heterocycles. The molecular weight excluding hydrogens is 555 g/mol. The van der Waals surface area contributed by atoms with E-state index >= 15 is 0 Å². The Morgan fingerprint density at radius 1 is 1.12 bits per heavy atom. The summed E-state index contributed by atoms with van der Waals surface area (Å²) >= 11 is 5.81. The van der Waals surface area contributed by atoms with Gasteiger partial charge in [-0.3, -0.25) is 9.47 Å². The second kappa shape index (κ2) is 11.3. The lowest BCUT2D eigenvalue weighted by Crippen LogP contribution is -2.34. The van der Waals surface area contributed by atoms with E-state index in [1.807, 2.05) is 6.08 Å². The number of fused-ring (bicyclic) bond motifs is 3. The van der Waals surface area contributed by atoms with Crippen molar-refractivity contribution in [3.8, 4) is 5.75 Å². The molecule has 0 aliphatic carbocycles. The molecule has 1 aliphatic heterocycles. The van der Waals surface area contributed by atoms with Crippen LogP contribution in [0.25, 0.3) is 17.0 Å². The molecule has 3 heterocycles. The maximum absolute atomic E-state index is 14.1. The van der Waals surface area contributed by atoms with E-state index < -0.39 is 29.9 Å². The molecule has 6 nitrogen and oxygen atoms in total. The highest BCUT2D eigenvalue weighted by Gasteiger charge is 2.32. The molecule has 40 heavy (non-hydrogen) atoms. The minimum absolute atomic E-state index is 0.0103. The summed E-state index contributed by atoms with van der Waals surface area (Å²) in [5.74, 6) is -1.59. The van der Waals surface area contributed by atoms with Crippen molar-refractivity contribution in [2.24, 2.45) is 0 Å². The molecule has 0 atom stereocenters. The van der Waals surface area contributed by atoms with Gasteiger partial charge in [0.05, 0.1) is 5.52 Å². The maximum atomic E-state index is 14.1. The number of benzene rings is 2. The van der Waals surface area contributed by atoms with Gasteiger partial charge in [0.1, 0.15) is 11.6 Å². The van der Waals surface area contributed by atoms with Crippen molar-refractivity contribution in [2.75, 3.05) is 13.1 Å². The number of alkyl halides is 3. The van der Waals surface area contributed by atoms with Crippen molar-refractivity contribution in [2.45, 2.75) is 25.9 Å². The number of carbonyl (C=O) groups excluding carboxylic acids is 1. The lowest BCUT2D eigenvalue weighted by molar-refractivity contribution is -0.274. The van der Waals surface area contributed by atoms with E-state index in [9.17, 15) is 26.7 Å². The standard InChI is InChI=1S/C28H22ClF5N4O2/c29-19-4-3-18(23(30)13-19)2-1-10-37-11-8-24-22(16-37)21-6-5-20(40-28(32,33)34)14-25(21)38(24)27(39)36-15-17-7-9-35-26(31)12-17/h1-7,9,12-14H,8,10-11,15-16H2,(H,36,39)/b2-1+. The number of aromatic nitrogens is 2. The van der Waals surface area contributed by atoms with Crippen LogP contribution in [0.4, 0.5) is 26.7 Å². The molecule has 0 spiro atoms. The summed E-state index contributed by atoms with van der Waals surface area (Å²) in [4.78, 5) is 18.9. The zero-order valence-electron chi connectivity index (χ0n) is 20.8. The van der Waals surface area contributed by atoms with E-state index in [4.69, 9.17) is 11.6 Å².